The third kappa shape index (κ3) is 4.28. The standard InChI is InChI=1S/C20H22BrF2NO3/c1-9-3-13(21)4-10(2)17(9)18-15(25)6-11(19(18)27)7-16(26)24-8-12-5-14(12)20(22)23/h3-4,11-12,14,18,20H,5-8H2,1-2H3,(H,24,26). The Hall–Kier alpha value is -1.63. The molecule has 1 amide bonds. The molecule has 146 valence electrons. The van der Waals surface area contributed by atoms with Crippen molar-refractivity contribution in [2.45, 2.75) is 45.5 Å². The molecular weight excluding hydrogens is 420 g/mol. The maximum atomic E-state index is 12.8. The van der Waals surface area contributed by atoms with Crippen molar-refractivity contribution in [3.8, 4) is 0 Å². The van der Waals surface area contributed by atoms with E-state index >= 15 is 0 Å². The number of hydrogen-bond donors (Lipinski definition) is 1. The zero-order chi connectivity index (χ0) is 19.9. The van der Waals surface area contributed by atoms with Crippen LogP contribution in [0.3, 0.4) is 0 Å². The van der Waals surface area contributed by atoms with Gasteiger partial charge in [-0.2, -0.15) is 0 Å². The predicted octanol–water partition coefficient (Wildman–Crippen LogP) is 3.72. The van der Waals surface area contributed by atoms with Gasteiger partial charge < -0.3 is 5.32 Å². The van der Waals surface area contributed by atoms with E-state index in [2.05, 4.69) is 21.2 Å². The number of ketones is 2. The van der Waals surface area contributed by atoms with Crippen molar-refractivity contribution >= 4 is 33.4 Å². The number of nitrogens with one attached hydrogen (secondary N) is 1. The van der Waals surface area contributed by atoms with E-state index in [4.69, 9.17) is 0 Å². The van der Waals surface area contributed by atoms with Crippen LogP contribution in [-0.4, -0.2) is 30.4 Å². The minimum absolute atomic E-state index is 0.0505. The number of amides is 1. The van der Waals surface area contributed by atoms with Gasteiger partial charge in [0.2, 0.25) is 12.3 Å². The van der Waals surface area contributed by atoms with Crippen LogP contribution in [0.25, 0.3) is 0 Å². The minimum Gasteiger partial charge on any atom is -0.356 e. The number of hydrogen-bond acceptors (Lipinski definition) is 3. The zero-order valence-corrected chi connectivity index (χ0v) is 16.8. The largest absolute Gasteiger partial charge is 0.356 e. The van der Waals surface area contributed by atoms with Gasteiger partial charge in [0.1, 0.15) is 11.7 Å². The Morgan fingerprint density at radius 3 is 2.44 bits per heavy atom. The molecule has 4 unspecified atom stereocenters. The summed E-state index contributed by atoms with van der Waals surface area (Å²) in [6, 6.07) is 3.75. The lowest BCUT2D eigenvalue weighted by Gasteiger charge is -2.16. The topological polar surface area (TPSA) is 63.2 Å². The molecule has 4 atom stereocenters. The zero-order valence-electron chi connectivity index (χ0n) is 15.2. The summed E-state index contributed by atoms with van der Waals surface area (Å²) in [5.74, 6) is -3.02. The van der Waals surface area contributed by atoms with Gasteiger partial charge in [0, 0.05) is 35.7 Å². The molecule has 2 saturated carbocycles. The Bertz CT molecular complexity index is 772. The van der Waals surface area contributed by atoms with Gasteiger partial charge in [-0.05, 0) is 55.0 Å². The van der Waals surface area contributed by atoms with Crippen LogP contribution in [0.2, 0.25) is 0 Å². The first-order valence-corrected chi connectivity index (χ1v) is 9.86. The van der Waals surface area contributed by atoms with Crippen LogP contribution in [0.5, 0.6) is 0 Å². The van der Waals surface area contributed by atoms with Crippen molar-refractivity contribution in [1.29, 1.82) is 0 Å². The third-order valence-electron chi connectivity index (χ3n) is 5.60. The quantitative estimate of drug-likeness (QED) is 0.684. The maximum Gasteiger partial charge on any atom is 0.241 e. The van der Waals surface area contributed by atoms with Crippen molar-refractivity contribution in [2.75, 3.05) is 6.54 Å². The Morgan fingerprint density at radius 2 is 1.89 bits per heavy atom. The average molecular weight is 442 g/mol. The van der Waals surface area contributed by atoms with E-state index in [1.54, 1.807) is 0 Å². The van der Waals surface area contributed by atoms with Gasteiger partial charge in [0.15, 0.2) is 5.78 Å². The first-order valence-electron chi connectivity index (χ1n) is 9.07. The van der Waals surface area contributed by atoms with E-state index in [0.717, 1.165) is 21.2 Å². The summed E-state index contributed by atoms with van der Waals surface area (Å²) >= 11 is 3.41. The maximum absolute atomic E-state index is 12.8. The van der Waals surface area contributed by atoms with Crippen molar-refractivity contribution < 1.29 is 23.2 Å². The highest BCUT2D eigenvalue weighted by Gasteiger charge is 2.45. The lowest BCUT2D eigenvalue weighted by atomic mass is 9.87. The summed E-state index contributed by atoms with van der Waals surface area (Å²) in [5.41, 5.74) is 2.46. The fourth-order valence-electron chi connectivity index (χ4n) is 4.06. The molecule has 0 bridgehead atoms. The number of Topliss-reactive ketones (excluding diaryl/α,β-unsaturated/α-hetero) is 2. The highest BCUT2D eigenvalue weighted by molar-refractivity contribution is 9.10. The average Bonchev–Trinajstić information content (AvgIpc) is 3.29. The first-order chi connectivity index (χ1) is 12.7. The molecule has 1 aromatic carbocycles. The highest BCUT2D eigenvalue weighted by Crippen LogP contribution is 2.42. The van der Waals surface area contributed by atoms with E-state index in [9.17, 15) is 23.2 Å². The molecule has 0 heterocycles. The van der Waals surface area contributed by atoms with E-state index in [1.807, 2.05) is 26.0 Å². The van der Waals surface area contributed by atoms with Crippen LogP contribution in [0, 0.1) is 31.6 Å². The lowest BCUT2D eigenvalue weighted by Crippen LogP contribution is -2.29. The number of aryl methyl sites for hydroxylation is 2. The molecule has 0 aromatic heterocycles. The fraction of sp³-hybridized carbons (Fsp3) is 0.550. The molecule has 0 spiro atoms. The van der Waals surface area contributed by atoms with Gasteiger partial charge in [0.25, 0.3) is 0 Å². The van der Waals surface area contributed by atoms with Crippen LogP contribution < -0.4 is 5.32 Å². The minimum atomic E-state index is -2.35. The van der Waals surface area contributed by atoms with Crippen LogP contribution in [-0.2, 0) is 14.4 Å². The second-order valence-electron chi connectivity index (χ2n) is 7.66. The number of carbonyl (C=O) groups is 3. The van der Waals surface area contributed by atoms with Crippen LogP contribution in [0.1, 0.15) is 41.9 Å². The van der Waals surface area contributed by atoms with Crippen molar-refractivity contribution in [3.63, 3.8) is 0 Å². The fourth-order valence-corrected chi connectivity index (χ4v) is 4.75. The summed E-state index contributed by atoms with van der Waals surface area (Å²) in [4.78, 5) is 37.4. The molecule has 0 aliphatic heterocycles. The van der Waals surface area contributed by atoms with Crippen molar-refractivity contribution in [1.82, 2.24) is 5.32 Å². The third-order valence-corrected chi connectivity index (χ3v) is 6.06. The first kappa shape index (κ1) is 20.1. The van der Waals surface area contributed by atoms with Gasteiger partial charge in [0.05, 0.1) is 0 Å². The van der Waals surface area contributed by atoms with E-state index in [-0.39, 0.29) is 42.8 Å². The number of carbonyl (C=O) groups excluding carboxylic acids is 3. The second kappa shape index (κ2) is 7.78. The molecule has 7 heteroatoms. The highest BCUT2D eigenvalue weighted by atomic mass is 79.9. The molecule has 0 radical (unpaired) electrons. The number of alkyl halides is 2. The number of rotatable bonds is 6. The van der Waals surface area contributed by atoms with Gasteiger partial charge >= 0.3 is 0 Å². The Balaban J connectivity index is 1.62. The lowest BCUT2D eigenvalue weighted by molar-refractivity contribution is -0.128. The monoisotopic (exact) mass is 441 g/mol. The second-order valence-corrected chi connectivity index (χ2v) is 8.57. The smallest absolute Gasteiger partial charge is 0.241 e. The SMILES string of the molecule is Cc1cc(Br)cc(C)c1C1C(=O)CC(CC(=O)NCC2CC2C(F)F)C1=O. The molecule has 4 nitrogen and oxygen atoms in total. The molecule has 2 aliphatic rings. The van der Waals surface area contributed by atoms with E-state index in [0.29, 0.717) is 6.42 Å². The molecule has 0 saturated heterocycles. The summed E-state index contributed by atoms with van der Waals surface area (Å²) in [7, 11) is 0. The Labute approximate surface area is 165 Å². The van der Waals surface area contributed by atoms with Gasteiger partial charge in [-0.25, -0.2) is 8.78 Å². The Morgan fingerprint density at radius 1 is 1.26 bits per heavy atom. The molecule has 2 fully saturated rings. The summed E-state index contributed by atoms with van der Waals surface area (Å²) < 4.78 is 25.9. The van der Waals surface area contributed by atoms with Crippen LogP contribution >= 0.6 is 15.9 Å². The summed E-state index contributed by atoms with van der Waals surface area (Å²) in [5, 5.41) is 2.63. The number of benzene rings is 1. The van der Waals surface area contributed by atoms with Gasteiger partial charge in [-0.15, -0.1) is 0 Å². The summed E-state index contributed by atoms with van der Waals surface area (Å²) in [6.45, 7) is 3.93. The molecule has 3 rings (SSSR count). The van der Waals surface area contributed by atoms with Crippen LogP contribution in [0.4, 0.5) is 8.78 Å². The molecule has 27 heavy (non-hydrogen) atoms. The van der Waals surface area contributed by atoms with Crippen molar-refractivity contribution in [3.05, 3.63) is 33.3 Å². The molecule has 1 aromatic rings. The van der Waals surface area contributed by atoms with Crippen molar-refractivity contribution in [2.24, 2.45) is 17.8 Å². The van der Waals surface area contributed by atoms with Gasteiger partial charge in [-0.1, -0.05) is 15.9 Å². The molecular formula is C20H22BrF2NO3. The molecule has 1 N–H and O–H groups in total. The van der Waals surface area contributed by atoms with E-state index < -0.39 is 24.2 Å². The normalized spacial score (nSPS) is 27.3. The number of halogens is 3. The van der Waals surface area contributed by atoms with E-state index in [1.165, 1.54) is 0 Å². The molecule has 2 aliphatic carbocycles. The summed E-state index contributed by atoms with van der Waals surface area (Å²) in [6.07, 6.45) is -1.95. The Kier molecular flexibility index (Phi) is 5.79. The van der Waals surface area contributed by atoms with Gasteiger partial charge in [-0.3, -0.25) is 14.4 Å². The van der Waals surface area contributed by atoms with Crippen LogP contribution in [0.15, 0.2) is 16.6 Å². The predicted molar refractivity (Wildman–Crippen MR) is 99.7 cm³/mol.